The number of piperidine rings is 1. The number of hydrogen-bond acceptors (Lipinski definition) is 4. The molecule has 1 atom stereocenters. The minimum absolute atomic E-state index is 0.0714. The van der Waals surface area contributed by atoms with Crippen molar-refractivity contribution in [3.8, 4) is 0 Å². The quantitative estimate of drug-likeness (QED) is 0.823. The molecule has 4 heteroatoms. The van der Waals surface area contributed by atoms with E-state index in [0.717, 1.165) is 12.1 Å². The van der Waals surface area contributed by atoms with Crippen molar-refractivity contribution < 1.29 is 0 Å². The first kappa shape index (κ1) is 10.2. The maximum atomic E-state index is 4.70. The van der Waals surface area contributed by atoms with Gasteiger partial charge in [-0.3, -0.25) is 4.98 Å². The van der Waals surface area contributed by atoms with Crippen LogP contribution in [0.5, 0.6) is 0 Å². The average Bonchev–Trinajstić information content (AvgIpc) is 2.74. The van der Waals surface area contributed by atoms with Gasteiger partial charge in [-0.05, 0) is 38.8 Å². The molecule has 1 fully saturated rings. The molecular formula is C12H15N3S. The Bertz CT molecular complexity index is 467. The van der Waals surface area contributed by atoms with Crippen molar-refractivity contribution in [2.24, 2.45) is 0 Å². The second-order valence-electron chi connectivity index (χ2n) is 4.58. The van der Waals surface area contributed by atoms with Crippen molar-refractivity contribution in [3.05, 3.63) is 23.5 Å². The number of pyridine rings is 1. The van der Waals surface area contributed by atoms with Crippen LogP contribution < -0.4 is 5.32 Å². The van der Waals surface area contributed by atoms with Crippen LogP contribution in [0.3, 0.4) is 0 Å². The van der Waals surface area contributed by atoms with E-state index < -0.39 is 0 Å². The summed E-state index contributed by atoms with van der Waals surface area (Å²) in [5, 5.41) is 4.80. The summed E-state index contributed by atoms with van der Waals surface area (Å²) in [6.45, 7) is 3.36. The monoisotopic (exact) mass is 233 g/mol. The van der Waals surface area contributed by atoms with Gasteiger partial charge in [-0.15, -0.1) is 11.3 Å². The lowest BCUT2D eigenvalue weighted by Crippen LogP contribution is -2.43. The molecule has 0 saturated carbocycles. The SMILES string of the molecule is CC1(c2nc3cnccc3s2)CCCCN1. The zero-order chi connectivity index (χ0) is 11.0. The van der Waals surface area contributed by atoms with Crippen molar-refractivity contribution in [1.82, 2.24) is 15.3 Å². The summed E-state index contributed by atoms with van der Waals surface area (Å²) in [7, 11) is 0. The molecule has 3 nitrogen and oxygen atoms in total. The summed E-state index contributed by atoms with van der Waals surface area (Å²) >= 11 is 1.79. The van der Waals surface area contributed by atoms with Gasteiger partial charge in [0.15, 0.2) is 0 Å². The molecule has 0 aromatic carbocycles. The molecule has 3 heterocycles. The van der Waals surface area contributed by atoms with Gasteiger partial charge in [0.25, 0.3) is 0 Å². The minimum Gasteiger partial charge on any atom is -0.306 e. The smallest absolute Gasteiger partial charge is 0.114 e. The van der Waals surface area contributed by atoms with Crippen molar-refractivity contribution in [2.75, 3.05) is 6.54 Å². The van der Waals surface area contributed by atoms with E-state index in [4.69, 9.17) is 4.98 Å². The summed E-state index contributed by atoms with van der Waals surface area (Å²) in [5.74, 6) is 0. The van der Waals surface area contributed by atoms with Crippen LogP contribution in [0.1, 0.15) is 31.2 Å². The van der Waals surface area contributed by atoms with Crippen LogP contribution in [-0.4, -0.2) is 16.5 Å². The zero-order valence-corrected chi connectivity index (χ0v) is 10.2. The van der Waals surface area contributed by atoms with Crippen LogP contribution in [0.25, 0.3) is 10.2 Å². The van der Waals surface area contributed by atoms with Crippen LogP contribution >= 0.6 is 11.3 Å². The zero-order valence-electron chi connectivity index (χ0n) is 9.36. The molecule has 2 aromatic heterocycles. The highest BCUT2D eigenvalue weighted by Gasteiger charge is 2.31. The fourth-order valence-corrected chi connectivity index (χ4v) is 3.34. The van der Waals surface area contributed by atoms with E-state index >= 15 is 0 Å². The molecule has 0 aliphatic carbocycles. The molecule has 0 radical (unpaired) electrons. The molecule has 0 amide bonds. The number of thiazole rings is 1. The highest BCUT2D eigenvalue weighted by atomic mass is 32.1. The lowest BCUT2D eigenvalue weighted by Gasteiger charge is -2.32. The molecule has 0 spiro atoms. The van der Waals surface area contributed by atoms with E-state index in [1.807, 2.05) is 18.5 Å². The minimum atomic E-state index is 0.0714. The molecule has 1 aliphatic rings. The van der Waals surface area contributed by atoms with E-state index in [1.165, 1.54) is 29.0 Å². The van der Waals surface area contributed by atoms with E-state index in [0.29, 0.717) is 0 Å². The Morgan fingerprint density at radius 3 is 3.12 bits per heavy atom. The van der Waals surface area contributed by atoms with Gasteiger partial charge in [-0.2, -0.15) is 0 Å². The van der Waals surface area contributed by atoms with Gasteiger partial charge in [0.2, 0.25) is 0 Å². The molecule has 0 bridgehead atoms. The van der Waals surface area contributed by atoms with Crippen molar-refractivity contribution >= 4 is 21.6 Å². The summed E-state index contributed by atoms with van der Waals surface area (Å²) in [6.07, 6.45) is 7.43. The molecule has 1 N–H and O–H groups in total. The summed E-state index contributed by atoms with van der Waals surface area (Å²) < 4.78 is 1.23. The standard InChI is InChI=1S/C12H15N3S/c1-12(5-2-3-6-14-12)11-15-9-8-13-7-4-10(9)16-11/h4,7-8,14H,2-3,5-6H2,1H3. The highest BCUT2D eigenvalue weighted by molar-refractivity contribution is 7.18. The van der Waals surface area contributed by atoms with Crippen LogP contribution in [-0.2, 0) is 5.54 Å². The maximum Gasteiger partial charge on any atom is 0.114 e. The third kappa shape index (κ3) is 1.62. The summed E-state index contributed by atoms with van der Waals surface area (Å²) in [4.78, 5) is 8.82. The normalized spacial score (nSPS) is 26.1. The van der Waals surface area contributed by atoms with Gasteiger partial charge < -0.3 is 5.32 Å². The number of rotatable bonds is 1. The van der Waals surface area contributed by atoms with Gasteiger partial charge >= 0.3 is 0 Å². The Morgan fingerprint density at radius 2 is 2.38 bits per heavy atom. The van der Waals surface area contributed by atoms with Crippen LogP contribution in [0.15, 0.2) is 18.5 Å². The fourth-order valence-electron chi connectivity index (χ4n) is 2.25. The topological polar surface area (TPSA) is 37.8 Å². The molecular weight excluding hydrogens is 218 g/mol. The molecule has 1 unspecified atom stereocenters. The lowest BCUT2D eigenvalue weighted by molar-refractivity contribution is 0.283. The summed E-state index contributed by atoms with van der Waals surface area (Å²) in [6, 6.07) is 2.04. The number of aromatic nitrogens is 2. The van der Waals surface area contributed by atoms with E-state index in [1.54, 1.807) is 11.3 Å². The maximum absolute atomic E-state index is 4.70. The second-order valence-corrected chi connectivity index (χ2v) is 5.61. The number of hydrogen-bond donors (Lipinski definition) is 1. The first-order chi connectivity index (χ1) is 7.78. The molecule has 1 saturated heterocycles. The Kier molecular flexibility index (Phi) is 2.41. The largest absolute Gasteiger partial charge is 0.306 e. The summed E-state index contributed by atoms with van der Waals surface area (Å²) in [5.41, 5.74) is 1.10. The predicted octanol–water partition coefficient (Wildman–Crippen LogP) is 2.68. The molecule has 16 heavy (non-hydrogen) atoms. The van der Waals surface area contributed by atoms with Crippen LogP contribution in [0, 0.1) is 0 Å². The van der Waals surface area contributed by atoms with Gasteiger partial charge in [-0.25, -0.2) is 4.98 Å². The number of nitrogens with zero attached hydrogens (tertiary/aromatic N) is 2. The van der Waals surface area contributed by atoms with E-state index in [2.05, 4.69) is 17.2 Å². The van der Waals surface area contributed by atoms with Gasteiger partial charge in [0.1, 0.15) is 5.01 Å². The van der Waals surface area contributed by atoms with E-state index in [9.17, 15) is 0 Å². The van der Waals surface area contributed by atoms with Gasteiger partial charge in [0.05, 0.1) is 22.0 Å². The molecule has 84 valence electrons. The van der Waals surface area contributed by atoms with Crippen molar-refractivity contribution in [2.45, 2.75) is 31.7 Å². The Hall–Kier alpha value is -1.00. The average molecular weight is 233 g/mol. The second kappa shape index (κ2) is 3.79. The number of nitrogens with one attached hydrogen (secondary N) is 1. The predicted molar refractivity (Wildman–Crippen MR) is 66.6 cm³/mol. The highest BCUT2D eigenvalue weighted by Crippen LogP contribution is 2.34. The molecule has 2 aromatic rings. The Morgan fingerprint density at radius 1 is 1.44 bits per heavy atom. The van der Waals surface area contributed by atoms with Crippen LogP contribution in [0.4, 0.5) is 0 Å². The van der Waals surface area contributed by atoms with Crippen molar-refractivity contribution in [3.63, 3.8) is 0 Å². The number of fused-ring (bicyclic) bond motifs is 1. The third-order valence-electron chi connectivity index (χ3n) is 3.28. The molecule has 1 aliphatic heterocycles. The Labute approximate surface area is 98.9 Å². The Balaban J connectivity index is 2.04. The third-order valence-corrected chi connectivity index (χ3v) is 4.58. The van der Waals surface area contributed by atoms with Gasteiger partial charge in [-0.1, -0.05) is 0 Å². The van der Waals surface area contributed by atoms with Crippen molar-refractivity contribution in [1.29, 1.82) is 0 Å². The molecule has 3 rings (SSSR count). The lowest BCUT2D eigenvalue weighted by atomic mass is 9.92. The van der Waals surface area contributed by atoms with Gasteiger partial charge in [0, 0.05) is 6.20 Å². The van der Waals surface area contributed by atoms with E-state index in [-0.39, 0.29) is 5.54 Å². The first-order valence-corrected chi connectivity index (χ1v) is 6.56. The fraction of sp³-hybridized carbons (Fsp3) is 0.500. The first-order valence-electron chi connectivity index (χ1n) is 5.74. The van der Waals surface area contributed by atoms with Crippen LogP contribution in [0.2, 0.25) is 0 Å².